The molecule has 0 aromatic heterocycles. The number of hydrogen-bond acceptors (Lipinski definition) is 4. The molecule has 0 aliphatic heterocycles. The molecule has 4 heteroatoms. The van der Waals surface area contributed by atoms with E-state index in [0.717, 1.165) is 5.56 Å². The predicted molar refractivity (Wildman–Crippen MR) is 65.7 cm³/mol. The summed E-state index contributed by atoms with van der Waals surface area (Å²) in [5.74, 6) is 0.704. The summed E-state index contributed by atoms with van der Waals surface area (Å²) >= 11 is 0. The van der Waals surface area contributed by atoms with E-state index in [0.29, 0.717) is 18.8 Å². The Morgan fingerprint density at radius 3 is 2.71 bits per heavy atom. The minimum atomic E-state index is -0.386. The zero-order valence-electron chi connectivity index (χ0n) is 10.3. The first-order chi connectivity index (χ1) is 8.28. The largest absolute Gasteiger partial charge is 0.496 e. The molecule has 17 heavy (non-hydrogen) atoms. The zero-order valence-corrected chi connectivity index (χ0v) is 10.3. The van der Waals surface area contributed by atoms with Crippen molar-refractivity contribution in [3.05, 3.63) is 29.8 Å². The van der Waals surface area contributed by atoms with Crippen LogP contribution in [0.1, 0.15) is 18.5 Å². The summed E-state index contributed by atoms with van der Waals surface area (Å²) in [4.78, 5) is 1.91. The maximum atomic E-state index is 9.30. The van der Waals surface area contributed by atoms with Crippen LogP contribution in [0, 0.1) is 11.3 Å². The van der Waals surface area contributed by atoms with Crippen LogP contribution in [0.2, 0.25) is 0 Å². The molecule has 92 valence electrons. The van der Waals surface area contributed by atoms with Gasteiger partial charge in [0.1, 0.15) is 11.8 Å². The summed E-state index contributed by atoms with van der Waals surface area (Å²) in [6.07, 6.45) is 0. The third-order valence-corrected chi connectivity index (χ3v) is 2.71. The number of hydrogen-bond donors (Lipinski definition) is 1. The topological polar surface area (TPSA) is 56.5 Å². The number of ether oxygens (including phenoxy) is 1. The molecular formula is C13H18N2O2. The summed E-state index contributed by atoms with van der Waals surface area (Å²) in [5.41, 5.74) is 0.841. The third-order valence-electron chi connectivity index (χ3n) is 2.71. The molecule has 4 nitrogen and oxygen atoms in total. The van der Waals surface area contributed by atoms with Crippen LogP contribution < -0.4 is 4.74 Å². The summed E-state index contributed by atoms with van der Waals surface area (Å²) in [6, 6.07) is 9.36. The molecule has 0 bridgehead atoms. The molecule has 1 unspecified atom stereocenters. The van der Waals surface area contributed by atoms with Gasteiger partial charge in [-0.2, -0.15) is 5.26 Å². The second-order valence-corrected chi connectivity index (χ2v) is 3.63. The van der Waals surface area contributed by atoms with Crippen LogP contribution in [0.25, 0.3) is 0 Å². The molecule has 0 spiro atoms. The molecule has 1 atom stereocenters. The fourth-order valence-electron chi connectivity index (χ4n) is 1.84. The highest BCUT2D eigenvalue weighted by Crippen LogP contribution is 2.28. The second-order valence-electron chi connectivity index (χ2n) is 3.63. The Morgan fingerprint density at radius 1 is 1.47 bits per heavy atom. The molecule has 1 aromatic rings. The van der Waals surface area contributed by atoms with E-state index < -0.39 is 0 Å². The highest BCUT2D eigenvalue weighted by molar-refractivity contribution is 5.38. The lowest BCUT2D eigenvalue weighted by Crippen LogP contribution is -2.30. The minimum absolute atomic E-state index is 0.0428. The number of benzene rings is 1. The molecule has 0 radical (unpaired) electrons. The van der Waals surface area contributed by atoms with E-state index in [-0.39, 0.29) is 12.6 Å². The van der Waals surface area contributed by atoms with Crippen molar-refractivity contribution < 1.29 is 9.84 Å². The lowest BCUT2D eigenvalue weighted by molar-refractivity contribution is 0.179. The van der Waals surface area contributed by atoms with E-state index in [4.69, 9.17) is 9.84 Å². The smallest absolute Gasteiger partial charge is 0.127 e. The Hall–Kier alpha value is -1.57. The number of nitrogens with zero attached hydrogens (tertiary/aromatic N) is 2. The van der Waals surface area contributed by atoms with Gasteiger partial charge >= 0.3 is 0 Å². The van der Waals surface area contributed by atoms with Crippen molar-refractivity contribution >= 4 is 0 Å². The highest BCUT2D eigenvalue weighted by atomic mass is 16.5. The summed E-state index contributed by atoms with van der Waals surface area (Å²) in [7, 11) is 1.59. The van der Waals surface area contributed by atoms with Gasteiger partial charge in [0, 0.05) is 12.1 Å². The Kier molecular flexibility index (Phi) is 5.47. The van der Waals surface area contributed by atoms with Crippen molar-refractivity contribution in [2.75, 3.05) is 26.8 Å². The van der Waals surface area contributed by atoms with E-state index in [9.17, 15) is 5.26 Å². The first-order valence-electron chi connectivity index (χ1n) is 5.65. The standard InChI is InChI=1S/C13H18N2O2/c1-3-15(8-9-16)12(10-14)11-6-4-5-7-13(11)17-2/h4-7,12,16H,3,8-9H2,1-2H3. The molecule has 0 saturated heterocycles. The van der Waals surface area contributed by atoms with Gasteiger partial charge in [0.15, 0.2) is 0 Å². The molecular weight excluding hydrogens is 216 g/mol. The van der Waals surface area contributed by atoms with Gasteiger partial charge in [-0.25, -0.2) is 0 Å². The SMILES string of the molecule is CCN(CCO)C(C#N)c1ccccc1OC. The molecule has 1 N–H and O–H groups in total. The van der Waals surface area contributed by atoms with Crippen molar-refractivity contribution in [2.24, 2.45) is 0 Å². The summed E-state index contributed by atoms with van der Waals surface area (Å²) in [5, 5.41) is 18.3. The van der Waals surface area contributed by atoms with E-state index >= 15 is 0 Å². The predicted octanol–water partition coefficient (Wildman–Crippen LogP) is 1.57. The number of nitriles is 1. The van der Waals surface area contributed by atoms with Gasteiger partial charge in [-0.3, -0.25) is 4.90 Å². The van der Waals surface area contributed by atoms with E-state index in [1.165, 1.54) is 0 Å². The van der Waals surface area contributed by atoms with Gasteiger partial charge < -0.3 is 9.84 Å². The molecule has 0 aliphatic carbocycles. The zero-order chi connectivity index (χ0) is 12.7. The molecule has 1 aromatic carbocycles. The van der Waals surface area contributed by atoms with Crippen molar-refractivity contribution in [3.8, 4) is 11.8 Å². The summed E-state index contributed by atoms with van der Waals surface area (Å²) < 4.78 is 5.26. The first kappa shape index (κ1) is 13.5. The van der Waals surface area contributed by atoms with E-state index in [1.54, 1.807) is 7.11 Å². The van der Waals surface area contributed by atoms with Crippen molar-refractivity contribution in [1.29, 1.82) is 5.26 Å². The Balaban J connectivity index is 3.04. The quantitative estimate of drug-likeness (QED) is 0.811. The molecule has 0 aliphatic rings. The number of aliphatic hydroxyl groups excluding tert-OH is 1. The third kappa shape index (κ3) is 3.19. The van der Waals surface area contributed by atoms with Crippen molar-refractivity contribution in [3.63, 3.8) is 0 Å². The fourth-order valence-corrected chi connectivity index (χ4v) is 1.84. The average molecular weight is 234 g/mol. The Labute approximate surface area is 102 Å². The normalized spacial score (nSPS) is 12.2. The maximum absolute atomic E-state index is 9.30. The van der Waals surface area contributed by atoms with Crippen molar-refractivity contribution in [1.82, 2.24) is 4.90 Å². The lowest BCUT2D eigenvalue weighted by Gasteiger charge is -2.26. The number of likely N-dealkylation sites (N-methyl/N-ethyl adjacent to an activating group) is 1. The van der Waals surface area contributed by atoms with Crippen LogP contribution in [0.4, 0.5) is 0 Å². The van der Waals surface area contributed by atoms with Gasteiger partial charge in [-0.15, -0.1) is 0 Å². The molecule has 0 fully saturated rings. The number of rotatable bonds is 6. The minimum Gasteiger partial charge on any atom is -0.496 e. The molecule has 0 amide bonds. The fraction of sp³-hybridized carbons (Fsp3) is 0.462. The van der Waals surface area contributed by atoms with Gasteiger partial charge in [-0.05, 0) is 12.6 Å². The van der Waals surface area contributed by atoms with Crippen LogP contribution in [0.3, 0.4) is 0 Å². The van der Waals surface area contributed by atoms with Crippen LogP contribution in [0.5, 0.6) is 5.75 Å². The van der Waals surface area contributed by atoms with E-state index in [2.05, 4.69) is 6.07 Å². The molecule has 0 saturated carbocycles. The van der Waals surface area contributed by atoms with E-state index in [1.807, 2.05) is 36.1 Å². The monoisotopic (exact) mass is 234 g/mol. The Morgan fingerprint density at radius 2 is 2.18 bits per heavy atom. The average Bonchev–Trinajstić information content (AvgIpc) is 2.39. The van der Waals surface area contributed by atoms with Crippen LogP contribution in [-0.2, 0) is 0 Å². The number of para-hydroxylation sites is 1. The second kappa shape index (κ2) is 6.89. The maximum Gasteiger partial charge on any atom is 0.127 e. The lowest BCUT2D eigenvalue weighted by atomic mass is 10.1. The van der Waals surface area contributed by atoms with Gasteiger partial charge in [0.25, 0.3) is 0 Å². The number of methoxy groups -OCH3 is 1. The Bertz CT molecular complexity index is 387. The van der Waals surface area contributed by atoms with Crippen LogP contribution >= 0.6 is 0 Å². The van der Waals surface area contributed by atoms with Crippen LogP contribution in [-0.4, -0.2) is 36.8 Å². The van der Waals surface area contributed by atoms with Gasteiger partial charge in [0.05, 0.1) is 19.8 Å². The van der Waals surface area contributed by atoms with Gasteiger partial charge in [-0.1, -0.05) is 25.1 Å². The van der Waals surface area contributed by atoms with Gasteiger partial charge in [0.2, 0.25) is 0 Å². The van der Waals surface area contributed by atoms with Crippen LogP contribution in [0.15, 0.2) is 24.3 Å². The molecule has 1 rings (SSSR count). The number of aliphatic hydroxyl groups is 1. The molecule has 0 heterocycles. The van der Waals surface area contributed by atoms with Crippen molar-refractivity contribution in [2.45, 2.75) is 13.0 Å². The highest BCUT2D eigenvalue weighted by Gasteiger charge is 2.21. The summed E-state index contributed by atoms with van der Waals surface area (Å²) in [6.45, 7) is 3.19. The first-order valence-corrected chi connectivity index (χ1v) is 5.65.